The van der Waals surface area contributed by atoms with Crippen LogP contribution in [-0.4, -0.2) is 74.9 Å². The molecule has 9 nitrogen and oxygen atoms in total. The SMILES string of the molecule is CCCCCCCCCCCCCCCCCCCC/C=C/CCCC(=O)O[C@H](COC(=O)CCCCCCCCCCCCCCCCCCC)COP(=O)(O)OCC[N+](C)(C)C. The Hall–Kier alpha value is -1.25. The number of allylic oxidation sites excluding steroid dienone is 2. The van der Waals surface area contributed by atoms with E-state index in [1.165, 1.54) is 205 Å². The van der Waals surface area contributed by atoms with Crippen LogP contribution < -0.4 is 0 Å². The van der Waals surface area contributed by atoms with Gasteiger partial charge in [0.05, 0.1) is 27.7 Å². The highest BCUT2D eigenvalue weighted by molar-refractivity contribution is 7.47. The summed E-state index contributed by atoms with van der Waals surface area (Å²) in [7, 11) is 1.48. The lowest BCUT2D eigenvalue weighted by Crippen LogP contribution is -2.37. The van der Waals surface area contributed by atoms with E-state index in [0.29, 0.717) is 23.9 Å². The van der Waals surface area contributed by atoms with Crippen molar-refractivity contribution >= 4 is 19.8 Å². The smallest absolute Gasteiger partial charge is 0.462 e. The molecule has 0 aromatic heterocycles. The molecule has 0 rings (SSSR count). The van der Waals surface area contributed by atoms with Crippen LogP contribution in [0.25, 0.3) is 0 Å². The maximum atomic E-state index is 12.8. The first-order chi connectivity index (χ1) is 31.0. The van der Waals surface area contributed by atoms with E-state index in [-0.39, 0.29) is 25.6 Å². The van der Waals surface area contributed by atoms with Gasteiger partial charge < -0.3 is 18.9 Å². The molecular weight excluding hydrogens is 822 g/mol. The van der Waals surface area contributed by atoms with Gasteiger partial charge in [0.1, 0.15) is 19.8 Å². The van der Waals surface area contributed by atoms with Gasteiger partial charge in [-0.3, -0.25) is 18.6 Å². The van der Waals surface area contributed by atoms with E-state index in [0.717, 1.165) is 32.1 Å². The second-order valence-electron chi connectivity index (χ2n) is 20.0. The van der Waals surface area contributed by atoms with Gasteiger partial charge >= 0.3 is 19.8 Å². The topological polar surface area (TPSA) is 108 Å². The fourth-order valence-electron chi connectivity index (χ4n) is 8.02. The number of hydrogen-bond donors (Lipinski definition) is 1. The van der Waals surface area contributed by atoms with Crippen molar-refractivity contribution in [2.45, 2.75) is 277 Å². The molecular formula is C54H107NO8P+. The zero-order valence-electron chi connectivity index (χ0n) is 43.0. The largest absolute Gasteiger partial charge is 0.472 e. The summed E-state index contributed by atoms with van der Waals surface area (Å²) in [6.45, 7) is 4.46. The van der Waals surface area contributed by atoms with E-state index < -0.39 is 26.5 Å². The molecule has 2 atom stereocenters. The van der Waals surface area contributed by atoms with Crippen molar-refractivity contribution in [3.63, 3.8) is 0 Å². The quantitative estimate of drug-likeness (QED) is 0.0211. The van der Waals surface area contributed by atoms with E-state index in [1.807, 2.05) is 21.1 Å². The molecule has 0 aromatic carbocycles. The molecule has 0 radical (unpaired) electrons. The molecule has 0 aliphatic heterocycles. The predicted octanol–water partition coefficient (Wildman–Crippen LogP) is 16.5. The summed E-state index contributed by atoms with van der Waals surface area (Å²) < 4.78 is 34.5. The molecule has 0 heterocycles. The maximum Gasteiger partial charge on any atom is 0.472 e. The third kappa shape index (κ3) is 50.2. The Morgan fingerprint density at radius 2 is 0.812 bits per heavy atom. The molecule has 0 saturated carbocycles. The normalized spacial score (nSPS) is 13.4. The Labute approximate surface area is 396 Å². The Morgan fingerprint density at radius 1 is 0.469 bits per heavy atom. The molecule has 380 valence electrons. The zero-order chi connectivity index (χ0) is 47.1. The number of phosphoric acid groups is 1. The number of carbonyl (C=O) groups is 2. The van der Waals surface area contributed by atoms with Gasteiger partial charge in [-0.1, -0.05) is 238 Å². The van der Waals surface area contributed by atoms with Crippen molar-refractivity contribution in [1.82, 2.24) is 0 Å². The average Bonchev–Trinajstić information content (AvgIpc) is 3.25. The highest BCUT2D eigenvalue weighted by atomic mass is 31.2. The van der Waals surface area contributed by atoms with E-state index >= 15 is 0 Å². The van der Waals surface area contributed by atoms with Gasteiger partial charge in [0.25, 0.3) is 0 Å². The van der Waals surface area contributed by atoms with Crippen molar-refractivity contribution < 1.29 is 42.1 Å². The number of esters is 2. The Kier molecular flexibility index (Phi) is 45.9. The summed E-state index contributed by atoms with van der Waals surface area (Å²) in [5, 5.41) is 0. The van der Waals surface area contributed by atoms with E-state index in [2.05, 4.69) is 26.0 Å². The lowest BCUT2D eigenvalue weighted by molar-refractivity contribution is -0.870. The lowest BCUT2D eigenvalue weighted by atomic mass is 10.0. The molecule has 10 heteroatoms. The summed E-state index contributed by atoms with van der Waals surface area (Å²) >= 11 is 0. The fraction of sp³-hybridized carbons (Fsp3) is 0.926. The first kappa shape index (κ1) is 62.8. The number of likely N-dealkylation sites (N-methyl/N-ethyl adjacent to an activating group) is 1. The van der Waals surface area contributed by atoms with Crippen molar-refractivity contribution in [2.24, 2.45) is 0 Å². The molecule has 0 fully saturated rings. The number of nitrogens with zero attached hydrogens (tertiary/aromatic N) is 1. The van der Waals surface area contributed by atoms with E-state index in [9.17, 15) is 19.0 Å². The van der Waals surface area contributed by atoms with Crippen LogP contribution in [0.2, 0.25) is 0 Å². The van der Waals surface area contributed by atoms with Crippen LogP contribution in [0.4, 0.5) is 0 Å². The predicted molar refractivity (Wildman–Crippen MR) is 271 cm³/mol. The number of quaternary nitrogens is 1. The van der Waals surface area contributed by atoms with Crippen molar-refractivity contribution in [1.29, 1.82) is 0 Å². The number of ether oxygens (including phenoxy) is 2. The summed E-state index contributed by atoms with van der Waals surface area (Å²) in [6, 6.07) is 0. The number of rotatable bonds is 51. The first-order valence-corrected chi connectivity index (χ1v) is 28.9. The van der Waals surface area contributed by atoms with Crippen LogP contribution in [-0.2, 0) is 32.7 Å². The number of carbonyl (C=O) groups excluding carboxylic acids is 2. The number of unbranched alkanes of at least 4 members (excludes halogenated alkanes) is 35. The molecule has 0 bridgehead atoms. The van der Waals surface area contributed by atoms with E-state index in [1.54, 1.807) is 0 Å². The first-order valence-electron chi connectivity index (χ1n) is 27.4. The summed E-state index contributed by atoms with van der Waals surface area (Å²) in [6.07, 6.45) is 52.8. The van der Waals surface area contributed by atoms with Crippen molar-refractivity contribution in [2.75, 3.05) is 47.5 Å². The third-order valence-corrected chi connectivity index (χ3v) is 13.3. The van der Waals surface area contributed by atoms with Gasteiger partial charge in [0.2, 0.25) is 0 Å². The minimum Gasteiger partial charge on any atom is -0.462 e. The monoisotopic (exact) mass is 929 g/mol. The lowest BCUT2D eigenvalue weighted by Gasteiger charge is -2.24. The molecule has 0 aliphatic carbocycles. The van der Waals surface area contributed by atoms with Crippen molar-refractivity contribution in [3.8, 4) is 0 Å². The second-order valence-corrected chi connectivity index (χ2v) is 21.4. The fourth-order valence-corrected chi connectivity index (χ4v) is 8.76. The van der Waals surface area contributed by atoms with Crippen LogP contribution in [0.3, 0.4) is 0 Å². The maximum absolute atomic E-state index is 12.8. The minimum atomic E-state index is -4.38. The van der Waals surface area contributed by atoms with Crippen LogP contribution >= 0.6 is 7.82 Å². The summed E-state index contributed by atoms with van der Waals surface area (Å²) in [5.74, 6) is -0.818. The van der Waals surface area contributed by atoms with Crippen molar-refractivity contribution in [3.05, 3.63) is 12.2 Å². The average molecular weight is 929 g/mol. The third-order valence-electron chi connectivity index (χ3n) is 12.3. The number of phosphoric ester groups is 1. The van der Waals surface area contributed by atoms with Gasteiger partial charge in [-0.05, 0) is 32.1 Å². The Morgan fingerprint density at radius 3 is 1.20 bits per heavy atom. The Balaban J connectivity index is 4.19. The molecule has 0 amide bonds. The van der Waals surface area contributed by atoms with Gasteiger partial charge in [-0.2, -0.15) is 0 Å². The molecule has 0 aliphatic rings. The van der Waals surface area contributed by atoms with Gasteiger partial charge in [-0.25, -0.2) is 4.57 Å². The van der Waals surface area contributed by atoms with Crippen LogP contribution in [0.1, 0.15) is 271 Å². The summed E-state index contributed by atoms with van der Waals surface area (Å²) in [4.78, 5) is 35.6. The van der Waals surface area contributed by atoms with Crippen LogP contribution in [0.5, 0.6) is 0 Å². The second kappa shape index (κ2) is 46.8. The Bertz CT molecular complexity index is 1100. The van der Waals surface area contributed by atoms with Crippen LogP contribution in [0, 0.1) is 0 Å². The summed E-state index contributed by atoms with van der Waals surface area (Å²) in [5.41, 5.74) is 0. The van der Waals surface area contributed by atoms with Gasteiger partial charge in [0.15, 0.2) is 6.10 Å². The zero-order valence-corrected chi connectivity index (χ0v) is 43.9. The highest BCUT2D eigenvalue weighted by Gasteiger charge is 2.27. The standard InChI is InChI=1S/C54H106NO8P/c1-6-8-10-12-14-16-18-20-22-24-25-26-27-28-29-31-33-35-37-39-41-43-45-47-54(57)63-52(51-62-64(58,59)61-49-48-55(3,4)5)50-60-53(56)46-44-42-40-38-36-34-32-30-23-21-19-17-15-13-11-9-7-2/h39,41,52H,6-38,40,42-51H2,1-5H3/p+1/b41-39+/t52-/m1/s1. The molecule has 0 spiro atoms. The molecule has 1 unspecified atom stereocenters. The number of hydrogen-bond acceptors (Lipinski definition) is 7. The molecule has 0 aromatic rings. The van der Waals surface area contributed by atoms with Gasteiger partial charge in [-0.15, -0.1) is 0 Å². The van der Waals surface area contributed by atoms with Gasteiger partial charge in [0, 0.05) is 12.8 Å². The molecule has 1 N–H and O–H groups in total. The highest BCUT2D eigenvalue weighted by Crippen LogP contribution is 2.43. The molecule has 0 saturated heterocycles. The van der Waals surface area contributed by atoms with Crippen LogP contribution in [0.15, 0.2) is 12.2 Å². The van der Waals surface area contributed by atoms with E-state index in [4.69, 9.17) is 18.5 Å². The minimum absolute atomic E-state index is 0.0309. The molecule has 64 heavy (non-hydrogen) atoms.